The Morgan fingerprint density at radius 1 is 1.41 bits per heavy atom. The van der Waals surface area contributed by atoms with Gasteiger partial charge in [0.2, 0.25) is 0 Å². The Bertz CT molecular complexity index is 807. The molecular formula is C20H22O7. The van der Waals surface area contributed by atoms with Crippen LogP contribution in [0, 0.1) is 11.3 Å². The summed E-state index contributed by atoms with van der Waals surface area (Å²) in [5, 5.41) is 10.9. The van der Waals surface area contributed by atoms with Crippen LogP contribution in [-0.4, -0.2) is 47.4 Å². The molecule has 2 saturated heterocycles. The van der Waals surface area contributed by atoms with Crippen molar-refractivity contribution in [2.75, 3.05) is 0 Å². The van der Waals surface area contributed by atoms with Crippen LogP contribution in [0.5, 0.6) is 0 Å². The molecule has 0 aromatic heterocycles. The lowest BCUT2D eigenvalue weighted by Crippen LogP contribution is -2.70. The van der Waals surface area contributed by atoms with Crippen LogP contribution in [0.15, 0.2) is 35.5 Å². The van der Waals surface area contributed by atoms with Gasteiger partial charge in [-0.05, 0) is 44.8 Å². The monoisotopic (exact) mass is 374 g/mol. The first-order valence-electron chi connectivity index (χ1n) is 9.14. The Kier molecular flexibility index (Phi) is 4.03. The molecule has 6 atom stereocenters. The first kappa shape index (κ1) is 18.0. The smallest absolute Gasteiger partial charge is 0.334 e. The van der Waals surface area contributed by atoms with Crippen molar-refractivity contribution in [3.05, 3.63) is 35.5 Å². The summed E-state index contributed by atoms with van der Waals surface area (Å²) in [6.07, 6.45) is 1.47. The first-order chi connectivity index (χ1) is 12.8. The SMILES string of the molecule is C=C1C(=O)O[C@@H]2/C=C3\CCC[C@]4(C(=O)O[C@H]4[C@@H](OC(=O)/C(C)=C/C)[C@@H]12)[C@@H]3O. The Balaban J connectivity index is 1.82. The molecule has 0 aromatic rings. The van der Waals surface area contributed by atoms with Crippen LogP contribution in [0.3, 0.4) is 0 Å². The summed E-state index contributed by atoms with van der Waals surface area (Å²) in [5.41, 5.74) is 0.0789. The topological polar surface area (TPSA) is 99.1 Å². The van der Waals surface area contributed by atoms with Gasteiger partial charge in [0.1, 0.15) is 11.5 Å². The number of aliphatic hydroxyl groups excluding tert-OH is 1. The first-order valence-corrected chi connectivity index (χ1v) is 9.14. The molecule has 0 radical (unpaired) electrons. The van der Waals surface area contributed by atoms with Crippen LogP contribution in [0.1, 0.15) is 33.1 Å². The van der Waals surface area contributed by atoms with Crippen molar-refractivity contribution in [3.63, 3.8) is 0 Å². The number of carbonyl (C=O) groups is 3. The number of carbonyl (C=O) groups excluding carboxylic acids is 3. The lowest BCUT2D eigenvalue weighted by Gasteiger charge is -2.55. The number of ether oxygens (including phenoxy) is 3. The summed E-state index contributed by atoms with van der Waals surface area (Å²) in [6, 6.07) is 0. The van der Waals surface area contributed by atoms with E-state index in [-0.39, 0.29) is 5.57 Å². The van der Waals surface area contributed by atoms with E-state index in [2.05, 4.69) is 6.58 Å². The van der Waals surface area contributed by atoms with Gasteiger partial charge in [-0.1, -0.05) is 12.7 Å². The number of rotatable bonds is 2. The highest BCUT2D eigenvalue weighted by atomic mass is 16.6. The van der Waals surface area contributed by atoms with Crippen LogP contribution in [0.2, 0.25) is 0 Å². The summed E-state index contributed by atoms with van der Waals surface area (Å²) in [4.78, 5) is 37.1. The van der Waals surface area contributed by atoms with E-state index in [1.807, 2.05) is 0 Å². The predicted molar refractivity (Wildman–Crippen MR) is 92.1 cm³/mol. The van der Waals surface area contributed by atoms with E-state index >= 15 is 0 Å². The molecule has 0 aromatic carbocycles. The van der Waals surface area contributed by atoms with Crippen molar-refractivity contribution in [3.8, 4) is 0 Å². The fourth-order valence-electron chi connectivity index (χ4n) is 4.62. The third kappa shape index (κ3) is 2.34. The number of esters is 3. The molecule has 7 nitrogen and oxygen atoms in total. The fourth-order valence-corrected chi connectivity index (χ4v) is 4.62. The molecule has 144 valence electrons. The summed E-state index contributed by atoms with van der Waals surface area (Å²) >= 11 is 0. The molecule has 2 bridgehead atoms. The van der Waals surface area contributed by atoms with Gasteiger partial charge < -0.3 is 19.3 Å². The highest BCUT2D eigenvalue weighted by Crippen LogP contribution is 2.55. The molecule has 1 spiro atoms. The van der Waals surface area contributed by atoms with Crippen molar-refractivity contribution >= 4 is 17.9 Å². The average Bonchev–Trinajstić information content (AvgIpc) is 2.92. The standard InChI is InChI=1S/C20H22O7/c1-4-9(2)17(22)26-14-13-10(3)18(23)25-12(13)8-11-6-5-7-20(15(11)21)16(14)27-19(20)24/h4,8,12-16,21H,3,5-7H2,1-2H3/b9-4+,11-8+/t12-,13+,14+,15-,16+,20+/m1/s1. The average molecular weight is 374 g/mol. The third-order valence-corrected chi connectivity index (χ3v) is 6.31. The zero-order valence-electron chi connectivity index (χ0n) is 15.3. The Hall–Kier alpha value is -2.41. The van der Waals surface area contributed by atoms with Gasteiger partial charge in [-0.3, -0.25) is 4.79 Å². The van der Waals surface area contributed by atoms with Gasteiger partial charge in [0, 0.05) is 11.1 Å². The molecule has 0 amide bonds. The van der Waals surface area contributed by atoms with Crippen LogP contribution in [-0.2, 0) is 28.6 Å². The van der Waals surface area contributed by atoms with Crippen molar-refractivity contribution in [1.29, 1.82) is 0 Å². The lowest BCUT2D eigenvalue weighted by atomic mass is 9.59. The molecular weight excluding hydrogens is 352 g/mol. The predicted octanol–water partition coefficient (Wildman–Crippen LogP) is 1.36. The maximum Gasteiger partial charge on any atom is 0.334 e. The largest absolute Gasteiger partial charge is 0.456 e. The van der Waals surface area contributed by atoms with Crippen LogP contribution in [0.25, 0.3) is 0 Å². The van der Waals surface area contributed by atoms with Crippen LogP contribution < -0.4 is 0 Å². The summed E-state index contributed by atoms with van der Waals surface area (Å²) in [6.45, 7) is 7.14. The van der Waals surface area contributed by atoms with E-state index in [0.717, 1.165) is 0 Å². The molecule has 4 rings (SSSR count). The second kappa shape index (κ2) is 6.05. The highest BCUT2D eigenvalue weighted by Gasteiger charge is 2.70. The highest BCUT2D eigenvalue weighted by molar-refractivity contribution is 5.93. The molecule has 1 N–H and O–H groups in total. The van der Waals surface area contributed by atoms with E-state index in [0.29, 0.717) is 30.4 Å². The van der Waals surface area contributed by atoms with Crippen LogP contribution >= 0.6 is 0 Å². The van der Waals surface area contributed by atoms with Gasteiger partial charge >= 0.3 is 17.9 Å². The van der Waals surface area contributed by atoms with E-state index in [1.165, 1.54) is 0 Å². The van der Waals surface area contributed by atoms with Crippen molar-refractivity contribution in [1.82, 2.24) is 0 Å². The summed E-state index contributed by atoms with van der Waals surface area (Å²) < 4.78 is 16.5. The van der Waals surface area contributed by atoms with Crippen LogP contribution in [0.4, 0.5) is 0 Å². The molecule has 0 unspecified atom stereocenters. The van der Waals surface area contributed by atoms with E-state index in [9.17, 15) is 19.5 Å². The van der Waals surface area contributed by atoms with E-state index in [1.54, 1.807) is 26.0 Å². The van der Waals surface area contributed by atoms with Gasteiger partial charge in [-0.15, -0.1) is 0 Å². The molecule has 2 aliphatic carbocycles. The number of hydrogen-bond acceptors (Lipinski definition) is 7. The maximum atomic E-state index is 12.5. The number of fused-ring (bicyclic) bond motifs is 2. The second-order valence-corrected chi connectivity index (χ2v) is 7.63. The van der Waals surface area contributed by atoms with Gasteiger partial charge in [0.25, 0.3) is 0 Å². The van der Waals surface area contributed by atoms with E-state index < -0.39 is 53.7 Å². The minimum atomic E-state index is -1.16. The van der Waals surface area contributed by atoms with Crippen molar-refractivity contribution in [2.24, 2.45) is 11.3 Å². The number of allylic oxidation sites excluding steroid dienone is 1. The Morgan fingerprint density at radius 3 is 2.81 bits per heavy atom. The number of aliphatic hydroxyl groups is 1. The maximum absolute atomic E-state index is 12.5. The fraction of sp³-hybridized carbons (Fsp3) is 0.550. The molecule has 3 fully saturated rings. The third-order valence-electron chi connectivity index (χ3n) is 6.31. The summed E-state index contributed by atoms with van der Waals surface area (Å²) in [7, 11) is 0. The quantitative estimate of drug-likeness (QED) is 0.337. The second-order valence-electron chi connectivity index (χ2n) is 7.63. The van der Waals surface area contributed by atoms with Crippen molar-refractivity contribution in [2.45, 2.75) is 57.5 Å². The Morgan fingerprint density at radius 2 is 2.15 bits per heavy atom. The normalized spacial score (nSPS) is 42.3. The summed E-state index contributed by atoms with van der Waals surface area (Å²) in [5.74, 6) is -2.30. The zero-order chi connectivity index (χ0) is 19.5. The molecule has 4 aliphatic rings. The van der Waals surface area contributed by atoms with Gasteiger partial charge in [0.05, 0.1) is 12.0 Å². The van der Waals surface area contributed by atoms with E-state index in [4.69, 9.17) is 14.2 Å². The number of hydrogen-bond donors (Lipinski definition) is 1. The van der Waals surface area contributed by atoms with Gasteiger partial charge in [-0.25, -0.2) is 9.59 Å². The minimum Gasteiger partial charge on any atom is -0.456 e. The minimum absolute atomic E-state index is 0.181. The van der Waals surface area contributed by atoms with Gasteiger partial charge in [0.15, 0.2) is 12.2 Å². The molecule has 2 heterocycles. The zero-order valence-corrected chi connectivity index (χ0v) is 15.3. The molecule has 27 heavy (non-hydrogen) atoms. The molecule has 1 saturated carbocycles. The molecule has 2 aliphatic heterocycles. The van der Waals surface area contributed by atoms with Crippen molar-refractivity contribution < 1.29 is 33.7 Å². The van der Waals surface area contributed by atoms with Gasteiger partial charge in [-0.2, -0.15) is 0 Å². The molecule has 7 heteroatoms. The lowest BCUT2D eigenvalue weighted by molar-refractivity contribution is -0.253. The Labute approximate surface area is 156 Å².